The Hall–Kier alpha value is -3.76. The fraction of sp³-hybridized carbons (Fsp3) is 0.0741. The van der Waals surface area contributed by atoms with Gasteiger partial charge in [0.2, 0.25) is 0 Å². The van der Waals surface area contributed by atoms with E-state index in [-0.39, 0.29) is 12.1 Å². The van der Waals surface area contributed by atoms with E-state index in [0.29, 0.717) is 17.2 Å². The van der Waals surface area contributed by atoms with Gasteiger partial charge in [-0.3, -0.25) is 9.69 Å². The van der Waals surface area contributed by atoms with Crippen LogP contribution in [0.1, 0.15) is 27.7 Å². The monoisotopic (exact) mass is 440 g/mol. The molecule has 5 rings (SSSR count). The summed E-state index contributed by atoms with van der Waals surface area (Å²) in [4.78, 5) is 15.2. The summed E-state index contributed by atoms with van der Waals surface area (Å²) in [7, 11) is 0. The minimum atomic E-state index is -0.329. The number of halogens is 1. The van der Waals surface area contributed by atoms with Crippen LogP contribution in [0.3, 0.4) is 0 Å². The molecule has 4 nitrogen and oxygen atoms in total. The molecule has 1 amide bonds. The molecule has 0 radical (unpaired) electrons. The van der Waals surface area contributed by atoms with E-state index in [4.69, 9.17) is 16.3 Å². The molecule has 1 aliphatic rings. The highest BCUT2D eigenvalue weighted by atomic mass is 35.5. The smallest absolute Gasteiger partial charge is 0.262 e. The predicted molar refractivity (Wildman–Crippen MR) is 128 cm³/mol. The van der Waals surface area contributed by atoms with Gasteiger partial charge in [-0.1, -0.05) is 66.2 Å². The maximum Gasteiger partial charge on any atom is 0.262 e. The van der Waals surface area contributed by atoms with Crippen molar-refractivity contribution in [2.45, 2.75) is 12.8 Å². The van der Waals surface area contributed by atoms with Gasteiger partial charge >= 0.3 is 0 Å². The number of rotatable bonds is 5. The van der Waals surface area contributed by atoms with Crippen molar-refractivity contribution in [3.8, 4) is 5.75 Å². The summed E-state index contributed by atoms with van der Waals surface area (Å²) in [5.41, 5.74) is 4.35. The van der Waals surface area contributed by atoms with E-state index in [1.807, 2.05) is 103 Å². The van der Waals surface area contributed by atoms with E-state index < -0.39 is 0 Å². The molecule has 0 spiro atoms. The Morgan fingerprint density at radius 2 is 1.50 bits per heavy atom. The average Bonchev–Trinajstić information content (AvgIpc) is 2.84. The highest BCUT2D eigenvalue weighted by molar-refractivity contribution is 6.30. The molecular weight excluding hydrogens is 420 g/mol. The standard InChI is InChI=1S/C27H21ClN2O2/c28-21-14-10-19(11-15-21)18-32-23-16-12-20(13-17-23)26-29-25-9-5-4-8-24(25)27(31)30(26)22-6-2-1-3-7-22/h1-17,26,29H,18H2/t26-/m0/s1. The van der Waals surface area contributed by atoms with Gasteiger partial charge in [-0.05, 0) is 59.7 Å². The molecule has 158 valence electrons. The van der Waals surface area contributed by atoms with E-state index in [2.05, 4.69) is 5.32 Å². The summed E-state index contributed by atoms with van der Waals surface area (Å²) < 4.78 is 5.92. The second-order valence-electron chi connectivity index (χ2n) is 7.59. The van der Waals surface area contributed by atoms with Gasteiger partial charge in [-0.2, -0.15) is 0 Å². The number of amides is 1. The lowest BCUT2D eigenvalue weighted by Crippen LogP contribution is -2.43. The van der Waals surface area contributed by atoms with Crippen LogP contribution in [-0.2, 0) is 6.61 Å². The van der Waals surface area contributed by atoms with Crippen molar-refractivity contribution < 1.29 is 9.53 Å². The molecule has 0 aliphatic carbocycles. The summed E-state index contributed by atoms with van der Waals surface area (Å²) in [6, 6.07) is 32.8. The van der Waals surface area contributed by atoms with Gasteiger partial charge < -0.3 is 10.1 Å². The Balaban J connectivity index is 1.41. The van der Waals surface area contributed by atoms with Crippen LogP contribution in [0.4, 0.5) is 11.4 Å². The molecule has 0 aromatic heterocycles. The van der Waals surface area contributed by atoms with Crippen LogP contribution in [0, 0.1) is 0 Å². The van der Waals surface area contributed by atoms with E-state index in [9.17, 15) is 4.79 Å². The number of carbonyl (C=O) groups is 1. The predicted octanol–water partition coefficient (Wildman–Crippen LogP) is 6.69. The molecule has 4 aromatic rings. The number of para-hydroxylation sites is 2. The van der Waals surface area contributed by atoms with E-state index >= 15 is 0 Å². The van der Waals surface area contributed by atoms with Crippen molar-refractivity contribution in [2.24, 2.45) is 0 Å². The Labute approximate surface area is 192 Å². The highest BCUT2D eigenvalue weighted by Crippen LogP contribution is 2.36. The summed E-state index contributed by atoms with van der Waals surface area (Å²) in [6.45, 7) is 0.459. The molecular formula is C27H21ClN2O2. The second-order valence-corrected chi connectivity index (χ2v) is 8.02. The van der Waals surface area contributed by atoms with Crippen molar-refractivity contribution in [1.29, 1.82) is 0 Å². The molecule has 0 saturated carbocycles. The Morgan fingerprint density at radius 1 is 0.812 bits per heavy atom. The third-order valence-corrected chi connectivity index (χ3v) is 5.73. The maximum absolute atomic E-state index is 13.4. The van der Waals surface area contributed by atoms with Crippen molar-refractivity contribution in [3.63, 3.8) is 0 Å². The molecule has 0 unspecified atom stereocenters. The number of nitrogens with one attached hydrogen (secondary N) is 1. The molecule has 4 aromatic carbocycles. The van der Waals surface area contributed by atoms with Crippen LogP contribution in [-0.4, -0.2) is 5.91 Å². The van der Waals surface area contributed by atoms with E-state index in [1.165, 1.54) is 0 Å². The SMILES string of the molecule is O=C1c2ccccc2N[C@H](c2ccc(OCc3ccc(Cl)cc3)cc2)N1c1ccccc1. The van der Waals surface area contributed by atoms with Crippen molar-refractivity contribution >= 4 is 28.9 Å². The van der Waals surface area contributed by atoms with Crippen molar-refractivity contribution in [1.82, 2.24) is 0 Å². The largest absolute Gasteiger partial charge is 0.489 e. The van der Waals surface area contributed by atoms with Gasteiger partial charge in [0, 0.05) is 16.4 Å². The fourth-order valence-electron chi connectivity index (χ4n) is 3.84. The first-order valence-electron chi connectivity index (χ1n) is 10.4. The van der Waals surface area contributed by atoms with Gasteiger partial charge in [-0.25, -0.2) is 0 Å². The Kier molecular flexibility index (Phi) is 5.53. The number of nitrogens with zero attached hydrogens (tertiary/aromatic N) is 1. The molecule has 0 fully saturated rings. The number of benzene rings is 4. The summed E-state index contributed by atoms with van der Waals surface area (Å²) in [5, 5.41) is 4.23. The third-order valence-electron chi connectivity index (χ3n) is 5.48. The summed E-state index contributed by atoms with van der Waals surface area (Å²) in [5.74, 6) is 0.733. The molecule has 1 N–H and O–H groups in total. The minimum absolute atomic E-state index is 0.0291. The van der Waals surface area contributed by atoms with Crippen LogP contribution >= 0.6 is 11.6 Å². The van der Waals surface area contributed by atoms with Crippen LogP contribution < -0.4 is 15.0 Å². The van der Waals surface area contributed by atoms with Crippen LogP contribution in [0.2, 0.25) is 5.02 Å². The molecule has 5 heteroatoms. The zero-order valence-electron chi connectivity index (χ0n) is 17.2. The van der Waals surface area contributed by atoms with Crippen molar-refractivity contribution in [2.75, 3.05) is 10.2 Å². The normalized spacial score (nSPS) is 15.1. The first-order valence-corrected chi connectivity index (χ1v) is 10.8. The first kappa shape index (κ1) is 20.2. The molecule has 0 bridgehead atoms. The highest BCUT2D eigenvalue weighted by Gasteiger charge is 2.33. The number of fused-ring (bicyclic) bond motifs is 1. The zero-order valence-corrected chi connectivity index (χ0v) is 18.0. The lowest BCUT2D eigenvalue weighted by Gasteiger charge is -2.38. The van der Waals surface area contributed by atoms with Gasteiger partial charge in [0.15, 0.2) is 0 Å². The molecule has 1 atom stereocenters. The van der Waals surface area contributed by atoms with E-state index in [1.54, 1.807) is 4.90 Å². The number of ether oxygens (including phenoxy) is 1. The topological polar surface area (TPSA) is 41.6 Å². The second kappa shape index (κ2) is 8.77. The average molecular weight is 441 g/mol. The fourth-order valence-corrected chi connectivity index (χ4v) is 3.96. The zero-order chi connectivity index (χ0) is 21.9. The number of anilines is 2. The van der Waals surface area contributed by atoms with Crippen LogP contribution in [0.25, 0.3) is 0 Å². The van der Waals surface area contributed by atoms with Gasteiger partial charge in [0.05, 0.1) is 5.56 Å². The quantitative estimate of drug-likeness (QED) is 0.376. The maximum atomic E-state index is 13.4. The number of hydrogen-bond acceptors (Lipinski definition) is 3. The van der Waals surface area contributed by atoms with Crippen molar-refractivity contribution in [3.05, 3.63) is 125 Å². The Morgan fingerprint density at radius 3 is 2.25 bits per heavy atom. The van der Waals surface area contributed by atoms with E-state index in [0.717, 1.165) is 28.3 Å². The van der Waals surface area contributed by atoms with Gasteiger partial charge in [0.25, 0.3) is 5.91 Å². The lowest BCUT2D eigenvalue weighted by atomic mass is 10.0. The summed E-state index contributed by atoms with van der Waals surface area (Å²) in [6.07, 6.45) is -0.329. The number of hydrogen-bond donors (Lipinski definition) is 1. The molecule has 1 heterocycles. The van der Waals surface area contributed by atoms with Crippen LogP contribution in [0.5, 0.6) is 5.75 Å². The molecule has 0 saturated heterocycles. The Bertz CT molecular complexity index is 1220. The summed E-state index contributed by atoms with van der Waals surface area (Å²) >= 11 is 5.94. The first-order chi connectivity index (χ1) is 15.7. The van der Waals surface area contributed by atoms with Gasteiger partial charge in [0.1, 0.15) is 18.5 Å². The van der Waals surface area contributed by atoms with Gasteiger partial charge in [-0.15, -0.1) is 0 Å². The molecule has 32 heavy (non-hydrogen) atoms. The third kappa shape index (κ3) is 4.05. The number of carbonyl (C=O) groups excluding carboxylic acids is 1. The van der Waals surface area contributed by atoms with Crippen LogP contribution in [0.15, 0.2) is 103 Å². The molecule has 1 aliphatic heterocycles. The minimum Gasteiger partial charge on any atom is -0.489 e. The lowest BCUT2D eigenvalue weighted by molar-refractivity contribution is 0.0975.